The fraction of sp³-hybridized carbons (Fsp3) is 0.500. The van der Waals surface area contributed by atoms with E-state index < -0.39 is 0 Å². The molecule has 1 rings (SSSR count). The fourth-order valence-electron chi connectivity index (χ4n) is 1.57. The molecule has 2 nitrogen and oxygen atoms in total. The van der Waals surface area contributed by atoms with E-state index in [1.807, 2.05) is 0 Å². The summed E-state index contributed by atoms with van der Waals surface area (Å²) in [5.74, 6) is 0.0863. The van der Waals surface area contributed by atoms with Gasteiger partial charge < -0.3 is 10.8 Å². The molecule has 1 aliphatic rings. The van der Waals surface area contributed by atoms with Gasteiger partial charge in [0.05, 0.1) is 0 Å². The maximum Gasteiger partial charge on any atom is 0.107 e. The molecule has 0 bridgehead atoms. The molecule has 1 fully saturated rings. The van der Waals surface area contributed by atoms with Crippen molar-refractivity contribution in [2.24, 2.45) is 11.8 Å². The van der Waals surface area contributed by atoms with Crippen LogP contribution in [0.4, 0.5) is 0 Å². The van der Waals surface area contributed by atoms with Crippen molar-refractivity contribution in [3.05, 3.63) is 10.1 Å². The molecule has 0 aromatic heterocycles. The van der Waals surface area contributed by atoms with Crippen molar-refractivity contribution < 1.29 is 0 Å². The maximum absolute atomic E-state index is 7.14. The number of nitrogens with one attached hydrogen (secondary N) is 2. The molecule has 0 heterocycles. The lowest BCUT2D eigenvalue weighted by atomic mass is 10.0. The molecule has 4 heteroatoms. The fourth-order valence-corrected chi connectivity index (χ4v) is 2.13. The Morgan fingerprint density at radius 1 is 1.17 bits per heavy atom. The Morgan fingerprint density at radius 3 is 1.83 bits per heavy atom. The summed E-state index contributed by atoms with van der Waals surface area (Å²) in [6.45, 7) is 0. The van der Waals surface area contributed by atoms with Gasteiger partial charge in [0, 0.05) is 24.3 Å². The first kappa shape index (κ1) is 9.75. The Hall–Kier alpha value is -0.340. The smallest absolute Gasteiger partial charge is 0.107 e. The van der Waals surface area contributed by atoms with Gasteiger partial charge in [0.2, 0.25) is 0 Å². The van der Waals surface area contributed by atoms with Crippen LogP contribution < -0.4 is 0 Å². The first-order chi connectivity index (χ1) is 5.70. The van der Waals surface area contributed by atoms with Crippen molar-refractivity contribution in [1.82, 2.24) is 0 Å². The van der Waals surface area contributed by atoms with Gasteiger partial charge in [0.15, 0.2) is 0 Å². The maximum atomic E-state index is 7.14. The summed E-state index contributed by atoms with van der Waals surface area (Å²) in [6.07, 6.45) is 4.46. The normalized spacial score (nSPS) is 28.7. The quantitative estimate of drug-likeness (QED) is 0.651. The third kappa shape index (κ3) is 1.70. The van der Waals surface area contributed by atoms with E-state index in [0.717, 1.165) is 18.4 Å². The number of hydrogen-bond donors (Lipinski definition) is 2. The van der Waals surface area contributed by atoms with E-state index in [0.29, 0.717) is 0 Å². The zero-order chi connectivity index (χ0) is 9.14. The second-order valence-electron chi connectivity index (χ2n) is 2.84. The summed E-state index contributed by atoms with van der Waals surface area (Å²) in [5.41, 5.74) is 0.836. The highest BCUT2D eigenvalue weighted by molar-refractivity contribution is 6.56. The molecule has 0 saturated heterocycles. The lowest BCUT2D eigenvalue weighted by Gasteiger charge is -2.08. The molecule has 1 saturated carbocycles. The molecule has 66 valence electrons. The molecule has 0 amide bonds. The minimum Gasteiger partial charge on any atom is -0.312 e. The van der Waals surface area contributed by atoms with E-state index in [-0.39, 0.29) is 16.3 Å². The summed E-state index contributed by atoms with van der Waals surface area (Å²) in [6, 6.07) is 0. The molecule has 12 heavy (non-hydrogen) atoms. The van der Waals surface area contributed by atoms with Gasteiger partial charge in [-0.25, -0.2) is 0 Å². The lowest BCUT2D eigenvalue weighted by molar-refractivity contribution is 0.781. The van der Waals surface area contributed by atoms with Crippen LogP contribution in [-0.4, -0.2) is 12.4 Å². The van der Waals surface area contributed by atoms with E-state index in [1.54, 1.807) is 0 Å². The van der Waals surface area contributed by atoms with Crippen molar-refractivity contribution in [3.8, 4) is 0 Å². The predicted molar refractivity (Wildman–Crippen MR) is 52.5 cm³/mol. The van der Waals surface area contributed by atoms with Crippen LogP contribution in [0.3, 0.4) is 0 Å². The Balaban J connectivity index is 2.95. The van der Waals surface area contributed by atoms with Crippen LogP contribution >= 0.6 is 23.2 Å². The molecule has 0 spiro atoms. The van der Waals surface area contributed by atoms with Gasteiger partial charge in [-0.2, -0.15) is 0 Å². The third-order valence-corrected chi connectivity index (χ3v) is 2.64. The van der Waals surface area contributed by atoms with E-state index in [2.05, 4.69) is 0 Å². The molecule has 1 unspecified atom stereocenters. The molecule has 2 N–H and O–H groups in total. The topological polar surface area (TPSA) is 47.7 Å². The van der Waals surface area contributed by atoms with Gasteiger partial charge in [0.1, 0.15) is 4.49 Å². The number of rotatable bonds is 2. The molecule has 0 aromatic rings. The third-order valence-electron chi connectivity index (χ3n) is 2.21. The Bertz CT molecular complexity index is 213. The highest BCUT2D eigenvalue weighted by Crippen LogP contribution is 2.38. The standard InChI is InChI=1S/C8H10Cl2N2/c9-8(10)7-5(3-11)1-2-6(7)4-12/h3-6,11-12H,1-2H2/t5-,6?/m1/s1. The van der Waals surface area contributed by atoms with E-state index in [4.69, 9.17) is 34.0 Å². The minimum atomic E-state index is 0.0431. The first-order valence-corrected chi connectivity index (χ1v) is 4.52. The van der Waals surface area contributed by atoms with Crippen LogP contribution in [0.25, 0.3) is 0 Å². The Labute approximate surface area is 81.6 Å². The van der Waals surface area contributed by atoms with E-state index in [1.165, 1.54) is 12.4 Å². The van der Waals surface area contributed by atoms with Crippen LogP contribution in [0.2, 0.25) is 0 Å². The van der Waals surface area contributed by atoms with Crippen molar-refractivity contribution in [1.29, 1.82) is 10.8 Å². The minimum absolute atomic E-state index is 0.0431. The molecule has 0 radical (unpaired) electrons. The summed E-state index contributed by atoms with van der Waals surface area (Å²) >= 11 is 11.3. The number of halogens is 2. The van der Waals surface area contributed by atoms with Crippen molar-refractivity contribution in [2.75, 3.05) is 0 Å². The van der Waals surface area contributed by atoms with E-state index >= 15 is 0 Å². The zero-order valence-corrected chi connectivity index (χ0v) is 7.99. The average Bonchev–Trinajstić information content (AvgIpc) is 2.46. The number of allylic oxidation sites excluding steroid dienone is 1. The monoisotopic (exact) mass is 204 g/mol. The first-order valence-electron chi connectivity index (χ1n) is 3.77. The van der Waals surface area contributed by atoms with E-state index in [9.17, 15) is 0 Å². The van der Waals surface area contributed by atoms with Crippen LogP contribution in [0.1, 0.15) is 12.8 Å². The molecular formula is C8H10Cl2N2. The summed E-state index contributed by atoms with van der Waals surface area (Å²) in [5, 5.41) is 14.3. The lowest BCUT2D eigenvalue weighted by Crippen LogP contribution is -2.04. The molecular weight excluding hydrogens is 195 g/mol. The van der Waals surface area contributed by atoms with Crippen LogP contribution in [0, 0.1) is 22.7 Å². The number of hydrogen-bond acceptors (Lipinski definition) is 2. The molecule has 0 aliphatic heterocycles. The molecule has 2 atom stereocenters. The van der Waals surface area contributed by atoms with Crippen LogP contribution in [-0.2, 0) is 0 Å². The van der Waals surface area contributed by atoms with Crippen molar-refractivity contribution in [3.63, 3.8) is 0 Å². The average molecular weight is 205 g/mol. The summed E-state index contributed by atoms with van der Waals surface area (Å²) in [4.78, 5) is 0. The highest BCUT2D eigenvalue weighted by Gasteiger charge is 2.29. The van der Waals surface area contributed by atoms with Gasteiger partial charge in [-0.1, -0.05) is 23.2 Å². The second kappa shape index (κ2) is 4.06. The second-order valence-corrected chi connectivity index (χ2v) is 3.79. The van der Waals surface area contributed by atoms with Gasteiger partial charge in [-0.05, 0) is 18.4 Å². The van der Waals surface area contributed by atoms with Crippen molar-refractivity contribution in [2.45, 2.75) is 12.8 Å². The Morgan fingerprint density at radius 2 is 1.58 bits per heavy atom. The van der Waals surface area contributed by atoms with Crippen LogP contribution in [0.15, 0.2) is 10.1 Å². The largest absolute Gasteiger partial charge is 0.312 e. The van der Waals surface area contributed by atoms with Gasteiger partial charge >= 0.3 is 0 Å². The molecule has 0 aromatic carbocycles. The Kier molecular flexibility index (Phi) is 3.29. The highest BCUT2D eigenvalue weighted by atomic mass is 35.5. The summed E-state index contributed by atoms with van der Waals surface area (Å²) < 4.78 is 0.231. The molecule has 1 aliphatic carbocycles. The van der Waals surface area contributed by atoms with Crippen molar-refractivity contribution >= 4 is 35.6 Å². The summed E-state index contributed by atoms with van der Waals surface area (Å²) in [7, 11) is 0. The predicted octanol–water partition coefficient (Wildman–Crippen LogP) is 3.00. The van der Waals surface area contributed by atoms with Gasteiger partial charge in [-0.3, -0.25) is 0 Å². The van der Waals surface area contributed by atoms with Crippen LogP contribution in [0.5, 0.6) is 0 Å². The van der Waals surface area contributed by atoms with Gasteiger partial charge in [-0.15, -0.1) is 0 Å². The SMILES string of the molecule is N=CC1CC[C@H](C=N)C1=C(Cl)Cl. The van der Waals surface area contributed by atoms with Gasteiger partial charge in [0.25, 0.3) is 0 Å². The zero-order valence-electron chi connectivity index (χ0n) is 6.48.